The van der Waals surface area contributed by atoms with Crippen LogP contribution in [0, 0.1) is 6.92 Å². The normalized spacial score (nSPS) is 11.8. The van der Waals surface area contributed by atoms with Crippen molar-refractivity contribution in [1.29, 1.82) is 0 Å². The van der Waals surface area contributed by atoms with Crippen molar-refractivity contribution in [3.05, 3.63) is 53.6 Å². The highest BCUT2D eigenvalue weighted by Gasteiger charge is 2.12. The number of aromatic nitrogens is 2. The summed E-state index contributed by atoms with van der Waals surface area (Å²) >= 11 is 0. The van der Waals surface area contributed by atoms with Crippen LogP contribution >= 0.6 is 0 Å². The molecule has 0 aliphatic rings. The summed E-state index contributed by atoms with van der Waals surface area (Å²) in [4.78, 5) is 20.1. The van der Waals surface area contributed by atoms with E-state index in [-0.39, 0.29) is 11.9 Å². The number of carbonyl (C=O) groups is 1. The Morgan fingerprint density at radius 2 is 1.90 bits per heavy atom. The first-order chi connectivity index (χ1) is 9.60. The molecule has 0 bridgehead atoms. The molecule has 1 heterocycles. The SMILES string of the molecule is COc1ccc(C(C)NC(=O)c2cnc(C)cn2)cc1. The molecule has 0 aliphatic heterocycles. The van der Waals surface area contributed by atoms with Gasteiger partial charge in [0.1, 0.15) is 11.4 Å². The maximum Gasteiger partial charge on any atom is 0.271 e. The van der Waals surface area contributed by atoms with Gasteiger partial charge in [-0.3, -0.25) is 9.78 Å². The van der Waals surface area contributed by atoms with E-state index < -0.39 is 0 Å². The Balaban J connectivity index is 2.04. The van der Waals surface area contributed by atoms with Crippen LogP contribution in [0.3, 0.4) is 0 Å². The second-order valence-electron chi connectivity index (χ2n) is 4.51. The smallest absolute Gasteiger partial charge is 0.271 e. The standard InChI is InChI=1S/C15H17N3O2/c1-10-8-17-14(9-16-10)15(19)18-11(2)12-4-6-13(20-3)7-5-12/h4-9,11H,1-3H3,(H,18,19). The van der Waals surface area contributed by atoms with Gasteiger partial charge in [-0.15, -0.1) is 0 Å². The van der Waals surface area contributed by atoms with Gasteiger partial charge in [0, 0.05) is 6.20 Å². The van der Waals surface area contributed by atoms with Gasteiger partial charge in [0.15, 0.2) is 0 Å². The molecule has 0 aliphatic carbocycles. The van der Waals surface area contributed by atoms with Gasteiger partial charge in [0.05, 0.1) is 25.0 Å². The fraction of sp³-hybridized carbons (Fsp3) is 0.267. The van der Waals surface area contributed by atoms with E-state index in [0.29, 0.717) is 5.69 Å². The number of amides is 1. The zero-order chi connectivity index (χ0) is 14.5. The molecule has 0 radical (unpaired) electrons. The minimum atomic E-state index is -0.235. The van der Waals surface area contributed by atoms with E-state index in [1.807, 2.05) is 38.1 Å². The molecule has 0 saturated carbocycles. The Morgan fingerprint density at radius 1 is 1.20 bits per heavy atom. The molecule has 0 saturated heterocycles. The van der Waals surface area contributed by atoms with Crippen LogP contribution < -0.4 is 10.1 Å². The summed E-state index contributed by atoms with van der Waals surface area (Å²) < 4.78 is 5.10. The average Bonchev–Trinajstić information content (AvgIpc) is 2.48. The number of methoxy groups -OCH3 is 1. The molecular formula is C15H17N3O2. The van der Waals surface area contributed by atoms with Crippen LogP contribution in [0.5, 0.6) is 5.75 Å². The number of hydrogen-bond acceptors (Lipinski definition) is 4. The van der Waals surface area contributed by atoms with E-state index in [1.165, 1.54) is 6.20 Å². The van der Waals surface area contributed by atoms with Gasteiger partial charge < -0.3 is 10.1 Å². The molecule has 5 nitrogen and oxygen atoms in total. The van der Waals surface area contributed by atoms with E-state index in [2.05, 4.69) is 15.3 Å². The van der Waals surface area contributed by atoms with Gasteiger partial charge in [-0.2, -0.15) is 0 Å². The lowest BCUT2D eigenvalue weighted by atomic mass is 10.1. The van der Waals surface area contributed by atoms with Crippen LogP contribution in [0.4, 0.5) is 0 Å². The molecule has 1 aromatic heterocycles. The number of carbonyl (C=O) groups excluding carboxylic acids is 1. The summed E-state index contributed by atoms with van der Waals surface area (Å²) in [6, 6.07) is 7.46. The number of hydrogen-bond donors (Lipinski definition) is 1. The number of rotatable bonds is 4. The molecule has 1 N–H and O–H groups in total. The van der Waals surface area contributed by atoms with E-state index >= 15 is 0 Å². The number of ether oxygens (including phenoxy) is 1. The van der Waals surface area contributed by atoms with E-state index in [4.69, 9.17) is 4.74 Å². The maximum atomic E-state index is 12.0. The Bertz CT molecular complexity index is 579. The van der Waals surface area contributed by atoms with E-state index in [0.717, 1.165) is 17.0 Å². The molecular weight excluding hydrogens is 254 g/mol. The highest BCUT2D eigenvalue weighted by atomic mass is 16.5. The van der Waals surface area contributed by atoms with Crippen molar-refractivity contribution in [3.8, 4) is 5.75 Å². The van der Waals surface area contributed by atoms with Crippen LogP contribution in [0.2, 0.25) is 0 Å². The predicted molar refractivity (Wildman–Crippen MR) is 75.6 cm³/mol. The first-order valence-electron chi connectivity index (χ1n) is 6.33. The van der Waals surface area contributed by atoms with Gasteiger partial charge in [0.2, 0.25) is 0 Å². The lowest BCUT2D eigenvalue weighted by Gasteiger charge is -2.14. The van der Waals surface area contributed by atoms with E-state index in [1.54, 1.807) is 13.3 Å². The molecule has 104 valence electrons. The first-order valence-corrected chi connectivity index (χ1v) is 6.33. The third-order valence-corrected chi connectivity index (χ3v) is 2.98. The second-order valence-corrected chi connectivity index (χ2v) is 4.51. The average molecular weight is 271 g/mol. The van der Waals surface area contributed by atoms with Gasteiger partial charge in [-0.25, -0.2) is 4.98 Å². The fourth-order valence-corrected chi connectivity index (χ4v) is 1.76. The topological polar surface area (TPSA) is 64.1 Å². The quantitative estimate of drug-likeness (QED) is 0.926. The highest BCUT2D eigenvalue weighted by molar-refractivity contribution is 5.92. The Kier molecular flexibility index (Phi) is 4.30. The molecule has 1 atom stereocenters. The summed E-state index contributed by atoms with van der Waals surface area (Å²) in [5, 5.41) is 2.89. The zero-order valence-electron chi connectivity index (χ0n) is 11.8. The number of aryl methyl sites for hydroxylation is 1. The predicted octanol–water partition coefficient (Wildman–Crippen LogP) is 2.28. The van der Waals surface area contributed by atoms with Crippen LogP contribution in [0.1, 0.15) is 34.7 Å². The molecule has 1 amide bonds. The molecule has 20 heavy (non-hydrogen) atoms. The third-order valence-electron chi connectivity index (χ3n) is 2.98. The summed E-state index contributed by atoms with van der Waals surface area (Å²) in [5.41, 5.74) is 2.10. The van der Waals surface area contributed by atoms with Crippen molar-refractivity contribution in [2.75, 3.05) is 7.11 Å². The van der Waals surface area contributed by atoms with Crippen molar-refractivity contribution >= 4 is 5.91 Å². The Morgan fingerprint density at radius 3 is 2.45 bits per heavy atom. The van der Waals surface area contributed by atoms with Crippen LogP contribution in [0.15, 0.2) is 36.7 Å². The van der Waals surface area contributed by atoms with Crippen molar-refractivity contribution < 1.29 is 9.53 Å². The molecule has 1 unspecified atom stereocenters. The maximum absolute atomic E-state index is 12.0. The van der Waals surface area contributed by atoms with Gasteiger partial charge in [-0.1, -0.05) is 12.1 Å². The first kappa shape index (κ1) is 14.0. The lowest BCUT2D eigenvalue weighted by Crippen LogP contribution is -2.27. The molecule has 0 fully saturated rings. The summed E-state index contributed by atoms with van der Waals surface area (Å²) in [6.07, 6.45) is 3.05. The third kappa shape index (κ3) is 3.32. The van der Waals surface area contributed by atoms with Crippen LogP contribution in [-0.2, 0) is 0 Å². The summed E-state index contributed by atoms with van der Waals surface area (Å²) in [6.45, 7) is 3.75. The van der Waals surface area contributed by atoms with Gasteiger partial charge in [0.25, 0.3) is 5.91 Å². The Hall–Kier alpha value is -2.43. The molecule has 0 spiro atoms. The number of nitrogens with zero attached hydrogens (tertiary/aromatic N) is 2. The largest absolute Gasteiger partial charge is 0.497 e. The van der Waals surface area contributed by atoms with E-state index in [9.17, 15) is 4.79 Å². The van der Waals surface area contributed by atoms with Gasteiger partial charge >= 0.3 is 0 Å². The fourth-order valence-electron chi connectivity index (χ4n) is 1.76. The van der Waals surface area contributed by atoms with Crippen LogP contribution in [0.25, 0.3) is 0 Å². The minimum absolute atomic E-state index is 0.114. The van der Waals surface area contributed by atoms with Crippen LogP contribution in [-0.4, -0.2) is 23.0 Å². The number of benzene rings is 1. The molecule has 2 rings (SSSR count). The van der Waals surface area contributed by atoms with Crippen molar-refractivity contribution in [2.24, 2.45) is 0 Å². The lowest BCUT2D eigenvalue weighted by molar-refractivity contribution is 0.0934. The minimum Gasteiger partial charge on any atom is -0.497 e. The van der Waals surface area contributed by atoms with Crippen molar-refractivity contribution in [3.63, 3.8) is 0 Å². The van der Waals surface area contributed by atoms with Crippen molar-refractivity contribution in [1.82, 2.24) is 15.3 Å². The molecule has 1 aromatic carbocycles. The van der Waals surface area contributed by atoms with Gasteiger partial charge in [-0.05, 0) is 31.5 Å². The number of nitrogens with one attached hydrogen (secondary N) is 1. The monoisotopic (exact) mass is 271 g/mol. The Labute approximate surface area is 118 Å². The molecule has 5 heteroatoms. The summed E-state index contributed by atoms with van der Waals surface area (Å²) in [5.74, 6) is 0.553. The summed E-state index contributed by atoms with van der Waals surface area (Å²) in [7, 11) is 1.62. The van der Waals surface area contributed by atoms with Crippen molar-refractivity contribution in [2.45, 2.75) is 19.9 Å². The highest BCUT2D eigenvalue weighted by Crippen LogP contribution is 2.17. The second kappa shape index (κ2) is 6.14. The zero-order valence-corrected chi connectivity index (χ0v) is 11.8. The molecule has 2 aromatic rings.